The molecule has 1 rings (SSSR count). The average Bonchev–Trinajstić information content (AvgIpc) is 2.35. The van der Waals surface area contributed by atoms with E-state index in [1.54, 1.807) is 29.2 Å². The second-order valence-corrected chi connectivity index (χ2v) is 4.02. The fraction of sp³-hybridized carbons (Fsp3) is 0.385. The number of benzene rings is 1. The predicted molar refractivity (Wildman–Crippen MR) is 66.8 cm³/mol. The number of ketones is 1. The molecule has 0 saturated heterocycles. The third-order valence-electron chi connectivity index (χ3n) is 2.22. The highest BCUT2D eigenvalue weighted by Gasteiger charge is 2.13. The van der Waals surface area contributed by atoms with Gasteiger partial charge in [0.15, 0.2) is 12.4 Å². The molecule has 0 atom stereocenters. The standard InChI is InChI=1S/C13H17NO4/c1-14(2)8-11(15)10-6-4-5-7-12(10)18-9-13(16)17-3/h4-7H,8-9H2,1-3H3. The van der Waals surface area contributed by atoms with Crippen molar-refractivity contribution >= 4 is 11.8 Å². The molecule has 1 aromatic carbocycles. The van der Waals surface area contributed by atoms with Gasteiger partial charge >= 0.3 is 5.97 Å². The predicted octanol–water partition coefficient (Wildman–Crippen LogP) is 0.983. The highest BCUT2D eigenvalue weighted by atomic mass is 16.6. The second kappa shape index (κ2) is 6.76. The molecule has 18 heavy (non-hydrogen) atoms. The van der Waals surface area contributed by atoms with Gasteiger partial charge in [0.05, 0.1) is 19.2 Å². The van der Waals surface area contributed by atoms with Crippen LogP contribution in [0.5, 0.6) is 5.75 Å². The van der Waals surface area contributed by atoms with Gasteiger partial charge in [0, 0.05) is 0 Å². The van der Waals surface area contributed by atoms with Gasteiger partial charge in [-0.05, 0) is 26.2 Å². The summed E-state index contributed by atoms with van der Waals surface area (Å²) in [5.41, 5.74) is 0.468. The molecule has 0 bridgehead atoms. The summed E-state index contributed by atoms with van der Waals surface area (Å²) in [5.74, 6) is -0.139. The van der Waals surface area contributed by atoms with Crippen LogP contribution >= 0.6 is 0 Å². The Kier molecular flexibility index (Phi) is 5.32. The van der Waals surface area contributed by atoms with Crippen LogP contribution in [0.2, 0.25) is 0 Å². The average molecular weight is 251 g/mol. The normalized spacial score (nSPS) is 10.2. The van der Waals surface area contributed by atoms with Crippen LogP contribution in [0.3, 0.4) is 0 Å². The first-order valence-corrected chi connectivity index (χ1v) is 5.51. The van der Waals surface area contributed by atoms with E-state index in [1.807, 2.05) is 14.1 Å². The lowest BCUT2D eigenvalue weighted by atomic mass is 10.1. The van der Waals surface area contributed by atoms with E-state index in [-0.39, 0.29) is 12.4 Å². The Morgan fingerprint density at radius 3 is 2.50 bits per heavy atom. The molecule has 0 aliphatic heterocycles. The van der Waals surface area contributed by atoms with Crippen LogP contribution in [0.15, 0.2) is 24.3 Å². The molecule has 1 aromatic rings. The maximum absolute atomic E-state index is 12.0. The number of hydrogen-bond donors (Lipinski definition) is 0. The Balaban J connectivity index is 2.79. The molecule has 0 N–H and O–H groups in total. The van der Waals surface area contributed by atoms with Gasteiger partial charge < -0.3 is 14.4 Å². The van der Waals surface area contributed by atoms with Crippen LogP contribution in [0.4, 0.5) is 0 Å². The van der Waals surface area contributed by atoms with Gasteiger partial charge in [0.25, 0.3) is 0 Å². The lowest BCUT2D eigenvalue weighted by Crippen LogP contribution is -2.22. The monoisotopic (exact) mass is 251 g/mol. The molecule has 0 fully saturated rings. The van der Waals surface area contributed by atoms with Crippen LogP contribution in [-0.2, 0) is 9.53 Å². The van der Waals surface area contributed by atoms with Crippen LogP contribution in [-0.4, -0.2) is 51.0 Å². The van der Waals surface area contributed by atoms with Crippen molar-refractivity contribution < 1.29 is 19.1 Å². The number of rotatable bonds is 6. The fourth-order valence-corrected chi connectivity index (χ4v) is 1.39. The molecule has 0 heterocycles. The van der Waals surface area contributed by atoms with E-state index >= 15 is 0 Å². The summed E-state index contributed by atoms with van der Waals surface area (Å²) < 4.78 is 9.76. The zero-order valence-corrected chi connectivity index (χ0v) is 10.8. The van der Waals surface area contributed by atoms with Crippen molar-refractivity contribution in [3.05, 3.63) is 29.8 Å². The molecule has 0 radical (unpaired) electrons. The van der Waals surface area contributed by atoms with Crippen molar-refractivity contribution in [2.24, 2.45) is 0 Å². The molecule has 0 spiro atoms. The number of carbonyl (C=O) groups excluding carboxylic acids is 2. The lowest BCUT2D eigenvalue weighted by Gasteiger charge is -2.12. The smallest absolute Gasteiger partial charge is 0.343 e. The van der Waals surface area contributed by atoms with E-state index in [9.17, 15) is 9.59 Å². The molecule has 0 aliphatic carbocycles. The number of hydrogen-bond acceptors (Lipinski definition) is 5. The van der Waals surface area contributed by atoms with Crippen LogP contribution in [0.25, 0.3) is 0 Å². The topological polar surface area (TPSA) is 55.8 Å². The maximum Gasteiger partial charge on any atom is 0.343 e. The van der Waals surface area contributed by atoms with Gasteiger partial charge in [0.1, 0.15) is 5.75 Å². The van der Waals surface area contributed by atoms with E-state index in [2.05, 4.69) is 4.74 Å². The van der Waals surface area contributed by atoms with Crippen molar-refractivity contribution in [2.75, 3.05) is 34.4 Å². The van der Waals surface area contributed by atoms with Crippen molar-refractivity contribution in [3.63, 3.8) is 0 Å². The van der Waals surface area contributed by atoms with Crippen molar-refractivity contribution in [2.45, 2.75) is 0 Å². The third kappa shape index (κ3) is 4.18. The van der Waals surface area contributed by atoms with Crippen molar-refractivity contribution in [1.29, 1.82) is 0 Å². The summed E-state index contributed by atoms with van der Waals surface area (Å²) in [5, 5.41) is 0. The minimum absolute atomic E-state index is 0.0551. The Morgan fingerprint density at radius 1 is 1.22 bits per heavy atom. The Hall–Kier alpha value is -1.88. The van der Waals surface area contributed by atoms with Crippen LogP contribution < -0.4 is 4.74 Å². The summed E-state index contributed by atoms with van der Waals surface area (Å²) in [6.45, 7) is 0.0847. The van der Waals surface area contributed by atoms with E-state index in [4.69, 9.17) is 4.74 Å². The van der Waals surface area contributed by atoms with E-state index < -0.39 is 5.97 Å². The van der Waals surface area contributed by atoms with E-state index in [1.165, 1.54) is 7.11 Å². The number of likely N-dealkylation sites (N-methyl/N-ethyl adjacent to an activating group) is 1. The largest absolute Gasteiger partial charge is 0.481 e. The van der Waals surface area contributed by atoms with Crippen LogP contribution in [0.1, 0.15) is 10.4 Å². The SMILES string of the molecule is COC(=O)COc1ccccc1C(=O)CN(C)C. The zero-order chi connectivity index (χ0) is 13.5. The van der Waals surface area contributed by atoms with Gasteiger partial charge in [-0.25, -0.2) is 4.79 Å². The van der Waals surface area contributed by atoms with Crippen molar-refractivity contribution in [3.8, 4) is 5.75 Å². The molecule has 0 unspecified atom stereocenters. The first-order valence-electron chi connectivity index (χ1n) is 5.51. The highest BCUT2D eigenvalue weighted by molar-refractivity contribution is 6.00. The Bertz CT molecular complexity index is 429. The summed E-state index contributed by atoms with van der Waals surface area (Å²) in [7, 11) is 4.92. The van der Waals surface area contributed by atoms with Crippen molar-refractivity contribution in [1.82, 2.24) is 4.90 Å². The maximum atomic E-state index is 12.0. The molecular weight excluding hydrogens is 234 g/mol. The number of para-hydroxylation sites is 1. The number of nitrogens with zero attached hydrogens (tertiary/aromatic N) is 1. The first kappa shape index (κ1) is 14.2. The molecule has 98 valence electrons. The molecular formula is C13H17NO4. The summed E-state index contributed by atoms with van der Waals surface area (Å²) in [4.78, 5) is 24.7. The number of ether oxygens (including phenoxy) is 2. The minimum Gasteiger partial charge on any atom is -0.481 e. The van der Waals surface area contributed by atoms with Gasteiger partial charge in [-0.2, -0.15) is 0 Å². The highest BCUT2D eigenvalue weighted by Crippen LogP contribution is 2.18. The summed E-state index contributed by atoms with van der Waals surface area (Å²) in [6, 6.07) is 6.84. The number of Topliss-reactive ketones (excluding diaryl/α,β-unsaturated/α-hetero) is 1. The van der Waals surface area contributed by atoms with Crippen LogP contribution in [0, 0.1) is 0 Å². The zero-order valence-electron chi connectivity index (χ0n) is 10.8. The minimum atomic E-state index is -0.482. The number of methoxy groups -OCH3 is 1. The van der Waals surface area contributed by atoms with Gasteiger partial charge in [-0.1, -0.05) is 12.1 Å². The van der Waals surface area contributed by atoms with Gasteiger partial charge in [0.2, 0.25) is 0 Å². The quantitative estimate of drug-likeness (QED) is 0.557. The first-order chi connectivity index (χ1) is 8.54. The van der Waals surface area contributed by atoms with Gasteiger partial charge in [-0.15, -0.1) is 0 Å². The lowest BCUT2D eigenvalue weighted by molar-refractivity contribution is -0.142. The molecule has 5 heteroatoms. The molecule has 0 saturated carbocycles. The molecule has 0 amide bonds. The summed E-state index contributed by atoms with van der Waals surface area (Å²) in [6.07, 6.45) is 0. The molecule has 0 aliphatic rings. The fourth-order valence-electron chi connectivity index (χ4n) is 1.39. The Labute approximate surface area is 106 Å². The Morgan fingerprint density at radius 2 is 1.89 bits per heavy atom. The number of carbonyl (C=O) groups is 2. The number of esters is 1. The van der Waals surface area contributed by atoms with E-state index in [0.717, 1.165) is 0 Å². The molecule has 5 nitrogen and oxygen atoms in total. The van der Waals surface area contributed by atoms with E-state index in [0.29, 0.717) is 17.9 Å². The van der Waals surface area contributed by atoms with Gasteiger partial charge in [-0.3, -0.25) is 4.79 Å². The second-order valence-electron chi connectivity index (χ2n) is 4.02. The summed E-state index contributed by atoms with van der Waals surface area (Å²) >= 11 is 0. The third-order valence-corrected chi connectivity index (χ3v) is 2.22. The molecule has 0 aromatic heterocycles.